The van der Waals surface area contributed by atoms with Crippen molar-refractivity contribution in [3.8, 4) is 0 Å². The van der Waals surface area contributed by atoms with Crippen LogP contribution in [-0.4, -0.2) is 22.8 Å². The standard InChI is InChI=1S/C44H8F20N4/c45-25-21(26(46)34(54)41(61)33(25)53)17-9-1-2-10(65-9)18(22-27(47)35(55)42(62)36(56)28(22)48)12-5-6-14(67-12)20(24-31(51)39(59)44(64)40(60)32(24)52)16-8-7-15(68-16)19(13-4-3-11(17)66-13)23-29(49)37(57)43(63)38(58)30(23)50/h1-8H. The number of halogens is 20. The highest BCUT2D eigenvalue weighted by atomic mass is 19.2. The zero-order chi connectivity index (χ0) is 49.3. The Morgan fingerprint density at radius 1 is 0.176 bits per heavy atom. The molecule has 0 amide bonds. The Morgan fingerprint density at radius 2 is 0.309 bits per heavy atom. The van der Waals surface area contributed by atoms with Crippen molar-refractivity contribution in [1.82, 2.24) is 0 Å². The molecule has 0 atom stereocenters. The molecule has 4 aromatic carbocycles. The first-order valence-electron chi connectivity index (χ1n) is 18.2. The maximum absolute atomic E-state index is 15.8. The number of hydrogen-bond donors (Lipinski definition) is 0. The van der Waals surface area contributed by atoms with Gasteiger partial charge in [0.15, 0.2) is 93.1 Å². The number of aliphatic imine (C=N–C) groups is 4. The fraction of sp³-hybridized carbons (Fsp3) is 0. The molecule has 0 N–H and O–H groups in total. The van der Waals surface area contributed by atoms with E-state index < -0.39 is 207 Å². The van der Waals surface area contributed by atoms with Gasteiger partial charge in [0.2, 0.25) is 23.3 Å². The summed E-state index contributed by atoms with van der Waals surface area (Å²) in [4.78, 5) is 15.6. The van der Waals surface area contributed by atoms with Gasteiger partial charge in [-0.25, -0.2) is 108 Å². The largest absolute Gasteiger partial charge is 0.248 e. The first kappa shape index (κ1) is 45.2. The summed E-state index contributed by atoms with van der Waals surface area (Å²) in [5, 5.41) is 0. The third-order valence-electron chi connectivity index (χ3n) is 10.4. The lowest BCUT2D eigenvalue weighted by atomic mass is 9.96. The van der Waals surface area contributed by atoms with E-state index in [9.17, 15) is 52.7 Å². The fourth-order valence-electron chi connectivity index (χ4n) is 7.41. The summed E-state index contributed by atoms with van der Waals surface area (Å²) in [5.41, 5.74) is -21.6. The van der Waals surface area contributed by atoms with Gasteiger partial charge < -0.3 is 0 Å². The van der Waals surface area contributed by atoms with E-state index in [-0.39, 0.29) is 0 Å². The lowest BCUT2D eigenvalue weighted by Crippen LogP contribution is -2.13. The normalized spacial score (nSPS) is 16.4. The molecule has 4 nitrogen and oxygen atoms in total. The fourth-order valence-corrected chi connectivity index (χ4v) is 7.41. The molecular weight excluding hydrogens is 964 g/mol. The second-order valence-electron chi connectivity index (χ2n) is 14.1. The van der Waals surface area contributed by atoms with E-state index in [0.29, 0.717) is 48.6 Å². The zero-order valence-corrected chi connectivity index (χ0v) is 32.0. The molecule has 4 aromatic rings. The summed E-state index contributed by atoms with van der Waals surface area (Å²) in [6, 6.07) is 0. The van der Waals surface area contributed by atoms with Crippen LogP contribution in [0.3, 0.4) is 0 Å². The molecule has 0 fully saturated rings. The van der Waals surface area contributed by atoms with Crippen molar-refractivity contribution in [3.63, 3.8) is 0 Å². The first-order valence-corrected chi connectivity index (χ1v) is 18.2. The highest BCUT2D eigenvalue weighted by Gasteiger charge is 2.39. The number of rotatable bonds is 4. The summed E-state index contributed by atoms with van der Waals surface area (Å²) in [7, 11) is 0. The minimum Gasteiger partial charge on any atom is -0.248 e. The second-order valence-corrected chi connectivity index (χ2v) is 14.1. The topological polar surface area (TPSA) is 49.4 Å². The molecule has 0 saturated carbocycles. The first-order chi connectivity index (χ1) is 32.1. The monoisotopic (exact) mass is 972 g/mol. The van der Waals surface area contributed by atoms with Crippen molar-refractivity contribution in [1.29, 1.82) is 0 Å². The van der Waals surface area contributed by atoms with Crippen LogP contribution >= 0.6 is 0 Å². The summed E-state index contributed by atoms with van der Waals surface area (Å²) >= 11 is 0. The molecule has 0 radical (unpaired) electrons. The Hall–Kier alpha value is -7.92. The van der Waals surface area contributed by atoms with Gasteiger partial charge >= 0.3 is 0 Å². The summed E-state index contributed by atoms with van der Waals surface area (Å²) in [6.45, 7) is 0. The van der Waals surface area contributed by atoms with Crippen LogP contribution in [0.2, 0.25) is 0 Å². The van der Waals surface area contributed by atoms with Crippen LogP contribution in [0.4, 0.5) is 87.8 Å². The SMILES string of the molecule is Fc1c(F)c(F)c(C2=C3C=CC(=N3)C(c3c(F)c(F)c(F)c(F)c3F)=C3C=CC(=N3)C(c3c(F)c(F)c(F)c(F)c3F)=C3C=CC(=N3)C(c3c(F)c(F)c(F)c(F)c3F)=C3C=CC2=N3)c(F)c1F. The van der Waals surface area contributed by atoms with E-state index in [1.165, 1.54) is 0 Å². The summed E-state index contributed by atoms with van der Waals surface area (Å²) < 4.78 is 303. The maximum Gasteiger partial charge on any atom is 0.200 e. The minimum absolute atomic E-state index is 0.566. The molecule has 9 rings (SSSR count). The van der Waals surface area contributed by atoms with Crippen LogP contribution in [-0.2, 0) is 0 Å². The predicted molar refractivity (Wildman–Crippen MR) is 199 cm³/mol. The number of hydrogen-bond acceptors (Lipinski definition) is 4. The Balaban J connectivity index is 1.50. The molecule has 0 aliphatic carbocycles. The van der Waals surface area contributed by atoms with Crippen LogP contribution in [0.5, 0.6) is 0 Å². The van der Waals surface area contributed by atoms with Crippen LogP contribution in [0.1, 0.15) is 22.3 Å². The number of allylic oxidation sites excluding steroid dienone is 12. The smallest absolute Gasteiger partial charge is 0.200 e. The Morgan fingerprint density at radius 3 is 0.456 bits per heavy atom. The number of benzene rings is 4. The van der Waals surface area contributed by atoms with Gasteiger partial charge in [-0.15, -0.1) is 0 Å². The molecule has 0 saturated heterocycles. The minimum atomic E-state index is -2.73. The number of nitrogens with zero attached hydrogens (tertiary/aromatic N) is 4. The van der Waals surface area contributed by atoms with Crippen molar-refractivity contribution >= 4 is 45.1 Å². The van der Waals surface area contributed by atoms with Crippen molar-refractivity contribution in [2.24, 2.45) is 20.0 Å². The average molecular weight is 973 g/mol. The van der Waals surface area contributed by atoms with E-state index >= 15 is 35.1 Å². The zero-order valence-electron chi connectivity index (χ0n) is 32.0. The van der Waals surface area contributed by atoms with Gasteiger partial charge in [-0.05, 0) is 48.6 Å². The molecule has 344 valence electrons. The van der Waals surface area contributed by atoms with Gasteiger partial charge in [0, 0.05) is 22.3 Å². The van der Waals surface area contributed by atoms with Crippen LogP contribution in [0.15, 0.2) is 91.4 Å². The van der Waals surface area contributed by atoms with Gasteiger partial charge in [-0.1, -0.05) is 0 Å². The Kier molecular flexibility index (Phi) is 10.6. The molecule has 5 aliphatic heterocycles. The van der Waals surface area contributed by atoms with Gasteiger partial charge in [0.05, 0.1) is 67.9 Å². The van der Waals surface area contributed by atoms with Gasteiger partial charge in [-0.2, -0.15) is 0 Å². The summed E-state index contributed by atoms with van der Waals surface area (Å²) in [6.07, 6.45) is 4.53. The van der Waals surface area contributed by atoms with E-state index in [1.54, 1.807) is 0 Å². The Bertz CT molecular complexity index is 2960. The second kappa shape index (κ2) is 15.9. The Labute approximate surface area is 362 Å². The van der Waals surface area contributed by atoms with Gasteiger partial charge in [0.1, 0.15) is 0 Å². The highest BCUT2D eigenvalue weighted by Crippen LogP contribution is 2.44. The van der Waals surface area contributed by atoms with Crippen LogP contribution in [0.25, 0.3) is 22.3 Å². The average Bonchev–Trinajstić information content (AvgIpc) is 4.18. The van der Waals surface area contributed by atoms with Crippen molar-refractivity contribution in [2.75, 3.05) is 0 Å². The number of fused-ring (bicyclic) bond motifs is 4. The van der Waals surface area contributed by atoms with Gasteiger partial charge in [0.25, 0.3) is 0 Å². The van der Waals surface area contributed by atoms with Crippen LogP contribution < -0.4 is 0 Å². The summed E-state index contributed by atoms with van der Waals surface area (Å²) in [5.74, 6) is -53.1. The lowest BCUT2D eigenvalue weighted by Gasteiger charge is -2.16. The molecule has 5 aliphatic rings. The molecule has 0 unspecified atom stereocenters. The molecule has 5 heterocycles. The highest BCUT2D eigenvalue weighted by molar-refractivity contribution is 6.39. The maximum atomic E-state index is 15.8. The lowest BCUT2D eigenvalue weighted by molar-refractivity contribution is 0.376. The predicted octanol–water partition coefficient (Wildman–Crippen LogP) is 12.5. The van der Waals surface area contributed by atoms with E-state index in [4.69, 9.17) is 0 Å². The quantitative estimate of drug-likeness (QED) is 0.111. The molecular formula is C44H8F20N4. The third kappa shape index (κ3) is 6.39. The van der Waals surface area contributed by atoms with Crippen LogP contribution in [0, 0.1) is 116 Å². The van der Waals surface area contributed by atoms with Crippen molar-refractivity contribution in [2.45, 2.75) is 0 Å². The molecule has 68 heavy (non-hydrogen) atoms. The van der Waals surface area contributed by atoms with E-state index in [2.05, 4.69) is 20.0 Å². The molecule has 8 bridgehead atoms. The van der Waals surface area contributed by atoms with Crippen molar-refractivity contribution < 1.29 is 87.8 Å². The van der Waals surface area contributed by atoms with Gasteiger partial charge in [-0.3, -0.25) is 0 Å². The molecule has 0 spiro atoms. The molecule has 0 aromatic heterocycles. The third-order valence-corrected chi connectivity index (χ3v) is 10.4. The molecule has 24 heteroatoms. The van der Waals surface area contributed by atoms with E-state index in [1.807, 2.05) is 0 Å². The van der Waals surface area contributed by atoms with E-state index in [0.717, 1.165) is 0 Å². The van der Waals surface area contributed by atoms with Crippen molar-refractivity contribution in [3.05, 3.63) is 210 Å².